The van der Waals surface area contributed by atoms with Crippen molar-refractivity contribution in [1.29, 1.82) is 0 Å². The lowest BCUT2D eigenvalue weighted by Gasteiger charge is -2.13. The number of rotatable bonds is 1. The molecule has 12 heavy (non-hydrogen) atoms. The fraction of sp³-hybridized carbons (Fsp3) is 0.111. The standard InChI is InChI=1S/C9H7Cl3/c1-2-7-5-3-4-6-8(7)9(10,11)12/h2-6H,1H2. The van der Waals surface area contributed by atoms with E-state index in [4.69, 9.17) is 34.8 Å². The molecule has 0 aliphatic heterocycles. The Bertz CT molecular complexity index is 286. The first-order valence-corrected chi connectivity index (χ1v) is 4.48. The minimum absolute atomic E-state index is 0.657. The van der Waals surface area contributed by atoms with Gasteiger partial charge in [0.2, 0.25) is 3.79 Å². The average molecular weight is 222 g/mol. The molecular formula is C9H7Cl3. The minimum atomic E-state index is -1.37. The van der Waals surface area contributed by atoms with E-state index in [9.17, 15) is 0 Å². The van der Waals surface area contributed by atoms with Gasteiger partial charge in [-0.15, -0.1) is 0 Å². The largest absolute Gasteiger partial charge is 0.216 e. The summed E-state index contributed by atoms with van der Waals surface area (Å²) < 4.78 is -1.37. The van der Waals surface area contributed by atoms with Crippen molar-refractivity contribution < 1.29 is 0 Å². The van der Waals surface area contributed by atoms with E-state index in [-0.39, 0.29) is 0 Å². The van der Waals surface area contributed by atoms with Gasteiger partial charge in [0, 0.05) is 5.56 Å². The Morgan fingerprint density at radius 1 is 1.17 bits per heavy atom. The second-order valence-electron chi connectivity index (χ2n) is 2.29. The highest BCUT2D eigenvalue weighted by atomic mass is 35.6. The van der Waals surface area contributed by atoms with Crippen LogP contribution in [0.3, 0.4) is 0 Å². The molecule has 0 heterocycles. The number of benzene rings is 1. The van der Waals surface area contributed by atoms with Gasteiger partial charge in [-0.1, -0.05) is 71.7 Å². The van der Waals surface area contributed by atoms with Gasteiger partial charge in [-0.25, -0.2) is 0 Å². The SMILES string of the molecule is C=Cc1ccccc1C(Cl)(Cl)Cl. The van der Waals surface area contributed by atoms with E-state index in [0.29, 0.717) is 5.56 Å². The summed E-state index contributed by atoms with van der Waals surface area (Å²) in [6.07, 6.45) is 1.66. The third kappa shape index (κ3) is 2.16. The Hall–Kier alpha value is -0.170. The van der Waals surface area contributed by atoms with Gasteiger partial charge < -0.3 is 0 Å². The highest BCUT2D eigenvalue weighted by molar-refractivity contribution is 6.66. The van der Waals surface area contributed by atoms with Gasteiger partial charge in [-0.05, 0) is 5.56 Å². The highest BCUT2D eigenvalue weighted by Crippen LogP contribution is 2.40. The van der Waals surface area contributed by atoms with Crippen molar-refractivity contribution in [1.82, 2.24) is 0 Å². The highest BCUT2D eigenvalue weighted by Gasteiger charge is 2.24. The molecule has 1 aromatic carbocycles. The normalized spacial score (nSPS) is 11.2. The lowest BCUT2D eigenvalue weighted by Crippen LogP contribution is -2.01. The van der Waals surface area contributed by atoms with E-state index in [1.165, 1.54) is 0 Å². The third-order valence-electron chi connectivity index (χ3n) is 1.49. The van der Waals surface area contributed by atoms with Gasteiger partial charge >= 0.3 is 0 Å². The zero-order valence-corrected chi connectivity index (χ0v) is 8.50. The molecule has 0 amide bonds. The number of alkyl halides is 3. The van der Waals surface area contributed by atoms with Crippen molar-refractivity contribution in [2.45, 2.75) is 3.79 Å². The van der Waals surface area contributed by atoms with Crippen LogP contribution in [0.15, 0.2) is 30.8 Å². The maximum absolute atomic E-state index is 5.73. The zero-order chi connectivity index (χ0) is 9.19. The predicted octanol–water partition coefficient (Wildman–Crippen LogP) is 4.16. The van der Waals surface area contributed by atoms with E-state index in [0.717, 1.165) is 5.56 Å². The first kappa shape index (κ1) is 9.91. The summed E-state index contributed by atoms with van der Waals surface area (Å²) in [5.74, 6) is 0. The topological polar surface area (TPSA) is 0 Å². The molecule has 0 radical (unpaired) electrons. The molecule has 0 saturated carbocycles. The summed E-state index contributed by atoms with van der Waals surface area (Å²) in [6.45, 7) is 3.63. The fourth-order valence-electron chi connectivity index (χ4n) is 0.933. The predicted molar refractivity (Wildman–Crippen MR) is 55.8 cm³/mol. The van der Waals surface area contributed by atoms with Crippen LogP contribution in [0, 0.1) is 0 Å². The van der Waals surface area contributed by atoms with Gasteiger partial charge in [0.05, 0.1) is 0 Å². The van der Waals surface area contributed by atoms with Crippen LogP contribution in [0.25, 0.3) is 6.08 Å². The maximum atomic E-state index is 5.73. The Kier molecular flexibility index (Phi) is 3.05. The van der Waals surface area contributed by atoms with E-state index >= 15 is 0 Å². The molecule has 64 valence electrons. The Labute approximate surface area is 86.7 Å². The molecule has 0 nitrogen and oxygen atoms in total. The summed E-state index contributed by atoms with van der Waals surface area (Å²) in [5, 5.41) is 0. The molecule has 0 spiro atoms. The van der Waals surface area contributed by atoms with Crippen molar-refractivity contribution >= 4 is 40.9 Å². The van der Waals surface area contributed by atoms with E-state index in [1.54, 1.807) is 12.1 Å². The Morgan fingerprint density at radius 3 is 2.17 bits per heavy atom. The Morgan fingerprint density at radius 2 is 1.75 bits per heavy atom. The molecule has 0 atom stereocenters. The molecule has 0 bridgehead atoms. The van der Waals surface area contributed by atoms with Gasteiger partial charge in [-0.3, -0.25) is 0 Å². The summed E-state index contributed by atoms with van der Waals surface area (Å²) in [5.41, 5.74) is 1.50. The van der Waals surface area contributed by atoms with Crippen LogP contribution in [0.1, 0.15) is 11.1 Å². The third-order valence-corrected chi connectivity index (χ3v) is 2.10. The molecule has 0 aliphatic carbocycles. The van der Waals surface area contributed by atoms with Crippen molar-refractivity contribution in [2.24, 2.45) is 0 Å². The van der Waals surface area contributed by atoms with Crippen LogP contribution in [0.2, 0.25) is 0 Å². The zero-order valence-electron chi connectivity index (χ0n) is 6.23. The quantitative estimate of drug-likeness (QED) is 0.625. The summed E-state index contributed by atoms with van der Waals surface area (Å²) in [4.78, 5) is 0. The van der Waals surface area contributed by atoms with Crippen LogP contribution < -0.4 is 0 Å². The molecule has 1 aromatic rings. The minimum Gasteiger partial charge on any atom is -0.0985 e. The molecular weight excluding hydrogens is 214 g/mol. The first-order valence-electron chi connectivity index (χ1n) is 3.34. The summed E-state index contributed by atoms with van der Waals surface area (Å²) in [7, 11) is 0. The van der Waals surface area contributed by atoms with Crippen molar-refractivity contribution in [3.63, 3.8) is 0 Å². The molecule has 0 N–H and O–H groups in total. The molecule has 1 rings (SSSR count). The van der Waals surface area contributed by atoms with Crippen LogP contribution in [0.4, 0.5) is 0 Å². The van der Waals surface area contributed by atoms with E-state index in [1.807, 2.05) is 18.2 Å². The van der Waals surface area contributed by atoms with Crippen molar-refractivity contribution in [3.05, 3.63) is 42.0 Å². The lowest BCUT2D eigenvalue weighted by molar-refractivity contribution is 1.23. The molecule has 0 unspecified atom stereocenters. The van der Waals surface area contributed by atoms with Crippen LogP contribution in [0.5, 0.6) is 0 Å². The second-order valence-corrected chi connectivity index (χ2v) is 4.57. The van der Waals surface area contributed by atoms with Crippen LogP contribution in [-0.4, -0.2) is 0 Å². The second kappa shape index (κ2) is 3.69. The first-order chi connectivity index (χ1) is 5.55. The average Bonchev–Trinajstić information content (AvgIpc) is 2.03. The van der Waals surface area contributed by atoms with Crippen LogP contribution >= 0.6 is 34.8 Å². The smallest absolute Gasteiger partial charge is 0.0985 e. The van der Waals surface area contributed by atoms with Crippen LogP contribution in [-0.2, 0) is 3.79 Å². The fourth-order valence-corrected chi connectivity index (χ4v) is 1.45. The van der Waals surface area contributed by atoms with Gasteiger partial charge in [0.15, 0.2) is 0 Å². The number of halogens is 3. The van der Waals surface area contributed by atoms with Crippen molar-refractivity contribution in [3.8, 4) is 0 Å². The molecule has 0 aromatic heterocycles. The summed E-state index contributed by atoms with van der Waals surface area (Å²) >= 11 is 17.2. The van der Waals surface area contributed by atoms with E-state index < -0.39 is 3.79 Å². The lowest BCUT2D eigenvalue weighted by atomic mass is 10.1. The monoisotopic (exact) mass is 220 g/mol. The van der Waals surface area contributed by atoms with Gasteiger partial charge in [-0.2, -0.15) is 0 Å². The molecule has 0 aliphatic rings. The van der Waals surface area contributed by atoms with E-state index in [2.05, 4.69) is 6.58 Å². The maximum Gasteiger partial charge on any atom is 0.216 e. The number of hydrogen-bond donors (Lipinski definition) is 0. The molecule has 0 fully saturated rings. The van der Waals surface area contributed by atoms with Gasteiger partial charge in [0.1, 0.15) is 0 Å². The number of hydrogen-bond acceptors (Lipinski definition) is 0. The Balaban J connectivity index is 3.23. The summed E-state index contributed by atoms with van der Waals surface area (Å²) in [6, 6.07) is 7.31. The van der Waals surface area contributed by atoms with Gasteiger partial charge in [0.25, 0.3) is 0 Å². The molecule has 0 saturated heterocycles. The van der Waals surface area contributed by atoms with Crippen molar-refractivity contribution in [2.75, 3.05) is 0 Å². The molecule has 3 heteroatoms.